The van der Waals surface area contributed by atoms with Gasteiger partial charge in [0.2, 0.25) is 0 Å². The topological polar surface area (TPSA) is 18.5 Å². The van der Waals surface area contributed by atoms with E-state index in [-0.39, 0.29) is 24.7 Å². The van der Waals surface area contributed by atoms with Gasteiger partial charge in [0.15, 0.2) is 11.6 Å². The summed E-state index contributed by atoms with van der Waals surface area (Å²) in [7, 11) is 0. The summed E-state index contributed by atoms with van der Waals surface area (Å²) in [6.45, 7) is 3.99. The summed E-state index contributed by atoms with van der Waals surface area (Å²) in [6, 6.07) is 4.65. The van der Waals surface area contributed by atoms with Crippen LogP contribution in [0.15, 0.2) is 35.9 Å². The molecular formula is C28H30F6O2. The number of benzene rings is 2. The summed E-state index contributed by atoms with van der Waals surface area (Å²) in [5.41, 5.74) is -2.96. The summed E-state index contributed by atoms with van der Waals surface area (Å²) in [4.78, 5) is 0. The second-order valence-corrected chi connectivity index (χ2v) is 9.37. The number of alkyl halides is 4. The van der Waals surface area contributed by atoms with Crippen LogP contribution in [0.4, 0.5) is 26.3 Å². The number of halogens is 6. The number of hydrogen-bond donors (Lipinski definition) is 0. The first-order chi connectivity index (χ1) is 17.1. The van der Waals surface area contributed by atoms with E-state index in [1.807, 2.05) is 6.08 Å². The molecule has 8 heteroatoms. The lowest BCUT2D eigenvalue weighted by molar-refractivity contribution is -0.228. The highest BCUT2D eigenvalue weighted by atomic mass is 19.3. The van der Waals surface area contributed by atoms with Crippen LogP contribution >= 0.6 is 0 Å². The molecule has 0 spiro atoms. The maximum absolute atomic E-state index is 15.4. The van der Waals surface area contributed by atoms with Gasteiger partial charge in [0, 0.05) is 0 Å². The Bertz CT molecular complexity index is 1140. The summed E-state index contributed by atoms with van der Waals surface area (Å²) in [5, 5.41) is 0. The van der Waals surface area contributed by atoms with Crippen molar-refractivity contribution in [2.45, 2.75) is 76.7 Å². The first-order valence-corrected chi connectivity index (χ1v) is 12.5. The molecule has 196 valence electrons. The zero-order chi connectivity index (χ0) is 26.1. The van der Waals surface area contributed by atoms with Crippen LogP contribution in [0, 0.1) is 11.6 Å². The van der Waals surface area contributed by atoms with E-state index in [2.05, 4.69) is 6.92 Å². The van der Waals surface area contributed by atoms with Crippen molar-refractivity contribution in [3.63, 3.8) is 0 Å². The zero-order valence-electron chi connectivity index (χ0n) is 20.4. The number of unbranched alkanes of at least 4 members (excludes halogenated alkanes) is 2. The maximum atomic E-state index is 15.4. The van der Waals surface area contributed by atoms with Crippen LogP contribution in [0.3, 0.4) is 0 Å². The summed E-state index contributed by atoms with van der Waals surface area (Å²) >= 11 is 0. The van der Waals surface area contributed by atoms with E-state index >= 15 is 22.0 Å². The van der Waals surface area contributed by atoms with E-state index in [1.54, 1.807) is 0 Å². The van der Waals surface area contributed by atoms with Crippen LogP contribution in [0.2, 0.25) is 0 Å². The van der Waals surface area contributed by atoms with Gasteiger partial charge in [-0.3, -0.25) is 0 Å². The lowest BCUT2D eigenvalue weighted by Crippen LogP contribution is -2.41. The normalized spacial score (nSPS) is 19.9. The fourth-order valence-corrected chi connectivity index (χ4v) is 4.96. The van der Waals surface area contributed by atoms with Crippen LogP contribution in [0.5, 0.6) is 5.75 Å². The lowest BCUT2D eigenvalue weighted by atomic mass is 9.78. The molecule has 1 aliphatic heterocycles. The monoisotopic (exact) mass is 512 g/mol. The Morgan fingerprint density at radius 3 is 2.17 bits per heavy atom. The van der Waals surface area contributed by atoms with Crippen LogP contribution in [-0.4, -0.2) is 19.3 Å². The van der Waals surface area contributed by atoms with Crippen molar-refractivity contribution >= 4 is 0 Å². The van der Waals surface area contributed by atoms with Crippen molar-refractivity contribution < 1.29 is 35.8 Å². The van der Waals surface area contributed by atoms with E-state index in [1.165, 1.54) is 19.1 Å². The number of ether oxygens (including phenoxy) is 2. The number of aryl methyl sites for hydroxylation is 1. The molecule has 1 atom stereocenters. The van der Waals surface area contributed by atoms with Gasteiger partial charge >= 0.3 is 11.8 Å². The number of rotatable bonds is 9. The van der Waals surface area contributed by atoms with Crippen molar-refractivity contribution in [1.29, 1.82) is 0 Å². The Morgan fingerprint density at radius 1 is 0.889 bits per heavy atom. The molecule has 4 rings (SSSR count). The maximum Gasteiger partial charge on any atom is 0.343 e. The number of fused-ring (bicyclic) bond motifs is 3. The zero-order valence-corrected chi connectivity index (χ0v) is 20.4. The third-order valence-electron chi connectivity index (χ3n) is 6.96. The van der Waals surface area contributed by atoms with Gasteiger partial charge in [-0.15, -0.1) is 0 Å². The quantitative estimate of drug-likeness (QED) is 0.191. The van der Waals surface area contributed by atoms with Crippen LogP contribution < -0.4 is 4.74 Å². The van der Waals surface area contributed by atoms with Crippen molar-refractivity contribution in [3.05, 3.63) is 64.2 Å². The molecule has 0 saturated heterocycles. The Labute approximate surface area is 207 Å². The van der Waals surface area contributed by atoms with Crippen molar-refractivity contribution in [2.24, 2.45) is 0 Å². The molecule has 1 unspecified atom stereocenters. The van der Waals surface area contributed by atoms with E-state index < -0.39 is 51.5 Å². The molecule has 2 aliphatic rings. The van der Waals surface area contributed by atoms with E-state index in [9.17, 15) is 4.39 Å². The molecule has 2 nitrogen and oxygen atoms in total. The Hall–Kier alpha value is -2.48. The molecule has 1 aliphatic carbocycles. The highest BCUT2D eigenvalue weighted by Gasteiger charge is 2.65. The highest BCUT2D eigenvalue weighted by Crippen LogP contribution is 2.60. The van der Waals surface area contributed by atoms with Crippen LogP contribution in [0.1, 0.15) is 69.1 Å². The van der Waals surface area contributed by atoms with E-state index in [4.69, 9.17) is 9.47 Å². The Kier molecular flexibility index (Phi) is 7.74. The average Bonchev–Trinajstić information content (AvgIpc) is 2.84. The molecule has 0 fully saturated rings. The fourth-order valence-electron chi connectivity index (χ4n) is 4.96. The van der Waals surface area contributed by atoms with E-state index in [0.717, 1.165) is 49.8 Å². The Morgan fingerprint density at radius 2 is 1.56 bits per heavy atom. The van der Waals surface area contributed by atoms with Crippen LogP contribution in [-0.2, 0) is 23.0 Å². The van der Waals surface area contributed by atoms with Crippen LogP contribution in [0.25, 0.3) is 11.1 Å². The third-order valence-corrected chi connectivity index (χ3v) is 6.96. The molecule has 2 aromatic rings. The highest BCUT2D eigenvalue weighted by molar-refractivity contribution is 5.77. The van der Waals surface area contributed by atoms with Gasteiger partial charge in [-0.1, -0.05) is 44.4 Å². The predicted molar refractivity (Wildman–Crippen MR) is 126 cm³/mol. The summed E-state index contributed by atoms with van der Waals surface area (Å²) in [6.07, 6.45) is 7.66. The van der Waals surface area contributed by atoms with Gasteiger partial charge in [-0.2, -0.15) is 17.6 Å². The molecule has 0 bridgehead atoms. The van der Waals surface area contributed by atoms with Gasteiger partial charge < -0.3 is 9.47 Å². The standard InChI is InChI=1S/C28H30F6O2/c1-3-5-6-7-19-12-9-17(16-36-19)8-10-18-11-13-20-21-14-15-22(35-4-2)26(30)24(21)28(33,34)27(31,32)23(20)25(18)29/h9,11,13-15,19H,3-8,10,12,16H2,1-2H3. The largest absolute Gasteiger partial charge is 0.491 e. The third kappa shape index (κ3) is 4.64. The minimum Gasteiger partial charge on any atom is -0.491 e. The molecule has 0 aromatic heterocycles. The van der Waals surface area contributed by atoms with Gasteiger partial charge in [0.05, 0.1) is 30.4 Å². The van der Waals surface area contributed by atoms with Crippen molar-refractivity contribution in [2.75, 3.05) is 13.2 Å². The molecule has 1 heterocycles. The van der Waals surface area contributed by atoms with Gasteiger partial charge in [-0.25, -0.2) is 8.78 Å². The molecule has 0 saturated carbocycles. The van der Waals surface area contributed by atoms with Crippen molar-refractivity contribution in [1.82, 2.24) is 0 Å². The van der Waals surface area contributed by atoms with Crippen molar-refractivity contribution in [3.8, 4) is 16.9 Å². The fraction of sp³-hybridized carbons (Fsp3) is 0.500. The molecular weight excluding hydrogens is 482 g/mol. The summed E-state index contributed by atoms with van der Waals surface area (Å²) in [5.74, 6) is -13.4. The SMILES string of the molecule is CCCCCC1CC=C(CCc2ccc3c(c2F)C(F)(F)C(F)(F)c2c-3ccc(OCC)c2F)CO1. The first kappa shape index (κ1) is 26.6. The average molecular weight is 513 g/mol. The molecule has 2 aromatic carbocycles. The molecule has 36 heavy (non-hydrogen) atoms. The van der Waals surface area contributed by atoms with Gasteiger partial charge in [-0.05, 0) is 67.0 Å². The smallest absolute Gasteiger partial charge is 0.343 e. The molecule has 0 N–H and O–H groups in total. The summed E-state index contributed by atoms with van der Waals surface area (Å²) < 4.78 is 101. The minimum atomic E-state index is -4.96. The lowest BCUT2D eigenvalue weighted by Gasteiger charge is -2.35. The predicted octanol–water partition coefficient (Wildman–Crippen LogP) is 8.46. The van der Waals surface area contributed by atoms with E-state index in [0.29, 0.717) is 13.0 Å². The Balaban J connectivity index is 1.61. The minimum absolute atomic E-state index is 0.0345. The second kappa shape index (κ2) is 10.5. The van der Waals surface area contributed by atoms with Gasteiger partial charge in [0.25, 0.3) is 0 Å². The number of hydrogen-bond acceptors (Lipinski definition) is 2. The molecule has 0 amide bonds. The second-order valence-electron chi connectivity index (χ2n) is 9.37. The first-order valence-electron chi connectivity index (χ1n) is 12.5. The molecule has 0 radical (unpaired) electrons. The van der Waals surface area contributed by atoms with Gasteiger partial charge in [0.1, 0.15) is 5.82 Å².